The van der Waals surface area contributed by atoms with Crippen molar-refractivity contribution in [3.8, 4) is 0 Å². The maximum Gasteiger partial charge on any atom is 0.313 e. The van der Waals surface area contributed by atoms with Crippen LogP contribution in [0.2, 0.25) is 0 Å². The fraction of sp³-hybridized carbons (Fsp3) is 0.438. The predicted molar refractivity (Wildman–Crippen MR) is 75.5 cm³/mol. The van der Waals surface area contributed by atoms with Gasteiger partial charge in [-0.2, -0.15) is 0 Å². The summed E-state index contributed by atoms with van der Waals surface area (Å²) in [5.74, 6) is -0.774. The van der Waals surface area contributed by atoms with Gasteiger partial charge in [0, 0.05) is 23.1 Å². The fourth-order valence-corrected chi connectivity index (χ4v) is 2.78. The number of hydrogen-bond acceptors (Lipinski definition) is 1. The zero-order chi connectivity index (χ0) is 13.6. The first-order valence-corrected chi connectivity index (χ1v) is 6.85. The number of rotatable bonds is 3. The SMILES string of the molecule is CC(C)(C(=O)O)c1cn(C2CCC2)c2ccccc12. The lowest BCUT2D eigenvalue weighted by Gasteiger charge is -2.28. The van der Waals surface area contributed by atoms with Crippen LogP contribution in [0.1, 0.15) is 44.7 Å². The molecule has 1 aromatic heterocycles. The van der Waals surface area contributed by atoms with Crippen LogP contribution >= 0.6 is 0 Å². The third-order valence-corrected chi connectivity index (χ3v) is 4.42. The molecule has 0 atom stereocenters. The van der Waals surface area contributed by atoms with Crippen LogP contribution in [0.4, 0.5) is 0 Å². The Kier molecular flexibility index (Phi) is 2.66. The lowest BCUT2D eigenvalue weighted by Crippen LogP contribution is -2.28. The minimum Gasteiger partial charge on any atom is -0.481 e. The van der Waals surface area contributed by atoms with E-state index < -0.39 is 11.4 Å². The molecule has 1 saturated carbocycles. The van der Waals surface area contributed by atoms with E-state index in [1.807, 2.05) is 18.2 Å². The molecule has 1 aliphatic carbocycles. The smallest absolute Gasteiger partial charge is 0.313 e. The quantitative estimate of drug-likeness (QED) is 0.910. The van der Waals surface area contributed by atoms with Gasteiger partial charge in [0.2, 0.25) is 0 Å². The third kappa shape index (κ3) is 1.76. The zero-order valence-electron chi connectivity index (χ0n) is 11.4. The summed E-state index contributed by atoms with van der Waals surface area (Å²) < 4.78 is 2.28. The number of aromatic nitrogens is 1. The topological polar surface area (TPSA) is 42.2 Å². The largest absolute Gasteiger partial charge is 0.481 e. The second-order valence-corrected chi connectivity index (χ2v) is 5.98. The van der Waals surface area contributed by atoms with E-state index in [0.717, 1.165) is 16.5 Å². The van der Waals surface area contributed by atoms with Crippen LogP contribution in [0.3, 0.4) is 0 Å². The van der Waals surface area contributed by atoms with E-state index >= 15 is 0 Å². The Hall–Kier alpha value is -1.77. The van der Waals surface area contributed by atoms with E-state index in [1.54, 1.807) is 13.8 Å². The number of benzene rings is 1. The van der Waals surface area contributed by atoms with Crippen molar-refractivity contribution in [2.24, 2.45) is 0 Å². The van der Waals surface area contributed by atoms with Crippen LogP contribution in [-0.4, -0.2) is 15.6 Å². The highest BCUT2D eigenvalue weighted by atomic mass is 16.4. The van der Waals surface area contributed by atoms with Crippen molar-refractivity contribution in [2.45, 2.75) is 44.6 Å². The molecule has 100 valence electrons. The average molecular weight is 257 g/mol. The van der Waals surface area contributed by atoms with Gasteiger partial charge in [0.1, 0.15) is 0 Å². The number of nitrogens with zero attached hydrogens (tertiary/aromatic N) is 1. The van der Waals surface area contributed by atoms with E-state index in [-0.39, 0.29) is 0 Å². The maximum atomic E-state index is 11.5. The fourth-order valence-electron chi connectivity index (χ4n) is 2.78. The summed E-state index contributed by atoms with van der Waals surface area (Å²) in [6.45, 7) is 3.56. The Morgan fingerprint density at radius 3 is 2.58 bits per heavy atom. The number of hydrogen-bond donors (Lipinski definition) is 1. The van der Waals surface area contributed by atoms with Crippen molar-refractivity contribution in [3.05, 3.63) is 36.0 Å². The summed E-state index contributed by atoms with van der Waals surface area (Å²) in [5.41, 5.74) is 1.23. The first-order valence-electron chi connectivity index (χ1n) is 6.85. The molecule has 0 amide bonds. The van der Waals surface area contributed by atoms with Gasteiger partial charge in [-0.15, -0.1) is 0 Å². The molecule has 1 heterocycles. The van der Waals surface area contributed by atoms with Crippen molar-refractivity contribution >= 4 is 16.9 Å². The van der Waals surface area contributed by atoms with Crippen molar-refractivity contribution in [3.63, 3.8) is 0 Å². The van der Waals surface area contributed by atoms with Crippen LogP contribution in [0.5, 0.6) is 0 Å². The van der Waals surface area contributed by atoms with Gasteiger partial charge in [0.05, 0.1) is 5.41 Å². The van der Waals surface area contributed by atoms with Crippen LogP contribution in [0, 0.1) is 0 Å². The average Bonchev–Trinajstić information content (AvgIpc) is 2.67. The molecule has 2 aromatic rings. The number of carboxylic acid groups (broad SMARTS) is 1. The van der Waals surface area contributed by atoms with Gasteiger partial charge in [-0.25, -0.2) is 0 Å². The summed E-state index contributed by atoms with van der Waals surface area (Å²) >= 11 is 0. The van der Waals surface area contributed by atoms with Gasteiger partial charge in [-0.1, -0.05) is 18.2 Å². The molecule has 3 heteroatoms. The summed E-state index contributed by atoms with van der Waals surface area (Å²) in [6.07, 6.45) is 5.73. The van der Waals surface area contributed by atoms with Gasteiger partial charge in [0.15, 0.2) is 0 Å². The van der Waals surface area contributed by atoms with Gasteiger partial charge >= 0.3 is 5.97 Å². The molecular formula is C16H19NO2. The minimum atomic E-state index is -0.853. The summed E-state index contributed by atoms with van der Waals surface area (Å²) in [6, 6.07) is 8.67. The molecule has 3 nitrogen and oxygen atoms in total. The molecule has 0 aliphatic heterocycles. The molecule has 0 spiro atoms. The zero-order valence-corrected chi connectivity index (χ0v) is 11.4. The van der Waals surface area contributed by atoms with Gasteiger partial charge < -0.3 is 9.67 Å². The van der Waals surface area contributed by atoms with E-state index in [0.29, 0.717) is 6.04 Å². The Labute approximate surface area is 112 Å². The molecule has 3 rings (SSSR count). The Bertz CT molecular complexity index is 635. The molecule has 1 aliphatic rings. The second-order valence-electron chi connectivity index (χ2n) is 5.98. The second kappa shape index (κ2) is 4.12. The molecular weight excluding hydrogens is 238 g/mol. The lowest BCUT2D eigenvalue weighted by molar-refractivity contribution is -0.142. The normalized spacial score (nSPS) is 16.5. The first-order chi connectivity index (χ1) is 9.01. The van der Waals surface area contributed by atoms with Crippen molar-refractivity contribution in [1.82, 2.24) is 4.57 Å². The van der Waals surface area contributed by atoms with Gasteiger partial charge in [0.25, 0.3) is 0 Å². The number of fused-ring (bicyclic) bond motifs is 1. The van der Waals surface area contributed by atoms with E-state index in [4.69, 9.17) is 0 Å². The van der Waals surface area contributed by atoms with Gasteiger partial charge in [-0.05, 0) is 44.7 Å². The monoisotopic (exact) mass is 257 g/mol. The highest BCUT2D eigenvalue weighted by molar-refractivity contribution is 5.92. The van der Waals surface area contributed by atoms with E-state index in [9.17, 15) is 9.90 Å². The lowest BCUT2D eigenvalue weighted by atomic mass is 9.84. The first kappa shape index (κ1) is 12.3. The minimum absolute atomic E-state index is 0.545. The van der Waals surface area contributed by atoms with Crippen molar-refractivity contribution in [1.29, 1.82) is 0 Å². The highest BCUT2D eigenvalue weighted by Crippen LogP contribution is 2.39. The van der Waals surface area contributed by atoms with Crippen LogP contribution in [-0.2, 0) is 10.2 Å². The molecule has 0 bridgehead atoms. The number of carboxylic acids is 1. The third-order valence-electron chi connectivity index (χ3n) is 4.42. The molecule has 19 heavy (non-hydrogen) atoms. The Morgan fingerprint density at radius 2 is 2.00 bits per heavy atom. The Morgan fingerprint density at radius 1 is 1.32 bits per heavy atom. The number of aliphatic carboxylic acids is 1. The molecule has 0 saturated heterocycles. The van der Waals surface area contributed by atoms with Crippen molar-refractivity contribution in [2.75, 3.05) is 0 Å². The van der Waals surface area contributed by atoms with E-state index in [1.165, 1.54) is 19.3 Å². The van der Waals surface area contributed by atoms with Crippen molar-refractivity contribution < 1.29 is 9.90 Å². The standard InChI is InChI=1S/C16H19NO2/c1-16(2,15(18)19)13-10-17(11-6-5-7-11)14-9-4-3-8-12(13)14/h3-4,8-11H,5-7H2,1-2H3,(H,18,19). The number of para-hydroxylation sites is 1. The number of carbonyl (C=O) groups is 1. The van der Waals surface area contributed by atoms with Crippen LogP contribution in [0.25, 0.3) is 10.9 Å². The van der Waals surface area contributed by atoms with E-state index in [2.05, 4.69) is 16.8 Å². The maximum absolute atomic E-state index is 11.5. The van der Waals surface area contributed by atoms with Gasteiger partial charge in [-0.3, -0.25) is 4.79 Å². The molecule has 0 unspecified atom stereocenters. The molecule has 1 N–H and O–H groups in total. The highest BCUT2D eigenvalue weighted by Gasteiger charge is 2.34. The summed E-state index contributed by atoms with van der Waals surface area (Å²) in [4.78, 5) is 11.5. The summed E-state index contributed by atoms with van der Waals surface area (Å²) in [5, 5.41) is 10.5. The predicted octanol–water partition coefficient (Wildman–Crippen LogP) is 3.73. The molecule has 1 fully saturated rings. The molecule has 0 radical (unpaired) electrons. The summed E-state index contributed by atoms with van der Waals surface area (Å²) in [7, 11) is 0. The molecule has 1 aromatic carbocycles. The Balaban J connectivity index is 2.22. The van der Waals surface area contributed by atoms with Crippen LogP contribution < -0.4 is 0 Å². The van der Waals surface area contributed by atoms with Crippen LogP contribution in [0.15, 0.2) is 30.5 Å².